The number of oxime groups is 1. The van der Waals surface area contributed by atoms with Crippen molar-refractivity contribution in [3.63, 3.8) is 0 Å². The highest BCUT2D eigenvalue weighted by Gasteiger charge is 2.06. The van der Waals surface area contributed by atoms with E-state index in [4.69, 9.17) is 17.5 Å². The van der Waals surface area contributed by atoms with E-state index >= 15 is 0 Å². The predicted molar refractivity (Wildman–Crippen MR) is 58.1 cm³/mol. The summed E-state index contributed by atoms with van der Waals surface area (Å²) in [6.07, 6.45) is 0. The van der Waals surface area contributed by atoms with Crippen molar-refractivity contribution in [2.75, 3.05) is 19.8 Å². The third-order valence-electron chi connectivity index (χ3n) is 1.11. The number of amidine groups is 1. The van der Waals surface area contributed by atoms with Crippen LogP contribution in [0.2, 0.25) is 0 Å². The number of esters is 2. The van der Waals surface area contributed by atoms with E-state index in [1.54, 1.807) is 13.8 Å². The zero-order valence-electron chi connectivity index (χ0n) is 9.67. The highest BCUT2D eigenvalue weighted by atomic mass is 16.5. The Balaban J connectivity index is 0. The molecule has 0 saturated heterocycles. The van der Waals surface area contributed by atoms with E-state index in [9.17, 15) is 9.59 Å². The van der Waals surface area contributed by atoms with Gasteiger partial charge in [-0.3, -0.25) is 0 Å². The Kier molecular flexibility index (Phi) is 11.8. The minimum atomic E-state index is -0.806. The van der Waals surface area contributed by atoms with Crippen molar-refractivity contribution >= 4 is 17.8 Å². The molecule has 17 heavy (non-hydrogen) atoms. The number of rotatable bonds is 3. The number of carbonyl (C=O) groups is 2. The third-order valence-corrected chi connectivity index (χ3v) is 1.11. The first-order chi connectivity index (χ1) is 8.03. The van der Waals surface area contributed by atoms with Crippen molar-refractivity contribution < 1.29 is 24.3 Å². The van der Waals surface area contributed by atoms with Crippen molar-refractivity contribution in [1.29, 1.82) is 0 Å². The molecule has 0 rings (SSSR count). The Morgan fingerprint density at radius 3 is 2.24 bits per heavy atom. The molecule has 0 aliphatic carbocycles. The van der Waals surface area contributed by atoms with Crippen LogP contribution in [-0.4, -0.2) is 42.7 Å². The second-order valence-corrected chi connectivity index (χ2v) is 2.33. The van der Waals surface area contributed by atoms with Crippen LogP contribution in [0.15, 0.2) is 5.16 Å². The van der Waals surface area contributed by atoms with Gasteiger partial charge in [0, 0.05) is 0 Å². The molecule has 96 valence electrons. The topological polar surface area (TPSA) is 116 Å². The monoisotopic (exact) mass is 245 g/mol. The predicted octanol–water partition coefficient (Wildman–Crippen LogP) is -0.235. The van der Waals surface area contributed by atoms with E-state index in [0.717, 1.165) is 0 Å². The summed E-state index contributed by atoms with van der Waals surface area (Å²) in [5.74, 6) is -1.78. The number of carbonyl (C=O) groups excluding carboxylic acids is 2. The number of nitrogens with zero attached hydrogens (tertiary/aromatic N) is 2. The molecular formula is C9H15N3O5. The smallest absolute Gasteiger partial charge is 0.387 e. The second-order valence-electron chi connectivity index (χ2n) is 2.33. The van der Waals surface area contributed by atoms with Gasteiger partial charge >= 0.3 is 18.5 Å². The summed E-state index contributed by atoms with van der Waals surface area (Å²) in [4.78, 5) is 23.4. The van der Waals surface area contributed by atoms with Gasteiger partial charge < -0.3 is 25.3 Å². The van der Waals surface area contributed by atoms with Crippen molar-refractivity contribution in [3.05, 3.63) is 11.4 Å². The summed E-state index contributed by atoms with van der Waals surface area (Å²) < 4.78 is 8.77. The zero-order chi connectivity index (χ0) is 13.7. The van der Waals surface area contributed by atoms with Crippen LogP contribution in [0.25, 0.3) is 4.85 Å². The maximum atomic E-state index is 10.3. The van der Waals surface area contributed by atoms with Gasteiger partial charge in [0.1, 0.15) is 0 Å². The first kappa shape index (κ1) is 17.1. The lowest BCUT2D eigenvalue weighted by atomic mass is 10.6. The molecule has 0 aromatic heterocycles. The summed E-state index contributed by atoms with van der Waals surface area (Å²) in [6.45, 7) is 9.99. The molecule has 0 spiro atoms. The minimum absolute atomic E-state index is 0.159. The molecule has 0 bridgehead atoms. The fourth-order valence-corrected chi connectivity index (χ4v) is 0.517. The first-order valence-electron chi connectivity index (χ1n) is 4.66. The molecule has 0 aliphatic heterocycles. The van der Waals surface area contributed by atoms with Gasteiger partial charge in [-0.2, -0.15) is 0 Å². The molecule has 0 fully saturated rings. The SMILES string of the molecule is CCOC(=O)/C(N)=N\O.[C-]#[N+]CC(=O)OCC. The highest BCUT2D eigenvalue weighted by Crippen LogP contribution is 1.77. The molecule has 0 heterocycles. The van der Waals surface area contributed by atoms with Gasteiger partial charge in [0.25, 0.3) is 0 Å². The van der Waals surface area contributed by atoms with E-state index in [1.165, 1.54) is 0 Å². The van der Waals surface area contributed by atoms with Crippen LogP contribution in [-0.2, 0) is 19.1 Å². The fourth-order valence-electron chi connectivity index (χ4n) is 0.517. The highest BCUT2D eigenvalue weighted by molar-refractivity contribution is 6.34. The normalized spacial score (nSPS) is 9.35. The molecule has 0 amide bonds. The minimum Gasteiger partial charge on any atom is -0.460 e. The number of nitrogens with two attached hydrogens (primary N) is 1. The summed E-state index contributed by atoms with van der Waals surface area (Å²) >= 11 is 0. The Morgan fingerprint density at radius 2 is 1.88 bits per heavy atom. The van der Waals surface area contributed by atoms with E-state index < -0.39 is 17.8 Å². The van der Waals surface area contributed by atoms with Crippen LogP contribution in [0, 0.1) is 6.57 Å². The second kappa shape index (κ2) is 11.8. The van der Waals surface area contributed by atoms with Gasteiger partial charge in [-0.15, -0.1) is 0 Å². The number of hydrogen-bond acceptors (Lipinski definition) is 6. The summed E-state index contributed by atoms with van der Waals surface area (Å²) in [5.41, 5.74) is 4.83. The summed E-state index contributed by atoms with van der Waals surface area (Å²) in [6, 6.07) is 0. The Hall–Kier alpha value is -2.30. The average Bonchev–Trinajstić information content (AvgIpc) is 2.30. The molecule has 8 heteroatoms. The van der Waals surface area contributed by atoms with E-state index in [0.29, 0.717) is 6.61 Å². The van der Waals surface area contributed by atoms with Gasteiger partial charge in [0.15, 0.2) is 0 Å². The van der Waals surface area contributed by atoms with Crippen LogP contribution in [0.4, 0.5) is 0 Å². The van der Waals surface area contributed by atoms with Crippen molar-refractivity contribution in [2.45, 2.75) is 13.8 Å². The van der Waals surface area contributed by atoms with Crippen molar-refractivity contribution in [3.8, 4) is 0 Å². The summed E-state index contributed by atoms with van der Waals surface area (Å²) in [5, 5.41) is 10.3. The largest absolute Gasteiger partial charge is 0.460 e. The van der Waals surface area contributed by atoms with Crippen molar-refractivity contribution in [1.82, 2.24) is 0 Å². The lowest BCUT2D eigenvalue weighted by molar-refractivity contribution is -0.140. The molecular weight excluding hydrogens is 230 g/mol. The van der Waals surface area contributed by atoms with Crippen LogP contribution in [0.1, 0.15) is 13.8 Å². The molecule has 0 atom stereocenters. The molecule has 0 saturated carbocycles. The quantitative estimate of drug-likeness (QED) is 0.177. The van der Waals surface area contributed by atoms with Gasteiger partial charge in [0.05, 0.1) is 13.2 Å². The molecule has 0 unspecified atom stereocenters. The maximum Gasteiger partial charge on any atom is 0.387 e. The van der Waals surface area contributed by atoms with E-state index in [-0.39, 0.29) is 13.2 Å². The maximum absolute atomic E-state index is 10.3. The van der Waals surface area contributed by atoms with Crippen LogP contribution < -0.4 is 5.73 Å². The van der Waals surface area contributed by atoms with Gasteiger partial charge in [0.2, 0.25) is 5.84 Å². The lowest BCUT2D eigenvalue weighted by Gasteiger charge is -1.96. The Bertz CT molecular complexity index is 308. The molecule has 0 aromatic carbocycles. The molecule has 0 aromatic rings. The lowest BCUT2D eigenvalue weighted by Crippen LogP contribution is -2.25. The fraction of sp³-hybridized carbons (Fsp3) is 0.556. The first-order valence-corrected chi connectivity index (χ1v) is 4.66. The van der Waals surface area contributed by atoms with E-state index in [1.807, 2.05) is 0 Å². The molecule has 3 N–H and O–H groups in total. The molecule has 8 nitrogen and oxygen atoms in total. The Morgan fingerprint density at radius 1 is 1.35 bits per heavy atom. The van der Waals surface area contributed by atoms with Crippen LogP contribution in [0.3, 0.4) is 0 Å². The van der Waals surface area contributed by atoms with Gasteiger partial charge in [-0.1, -0.05) is 5.16 Å². The van der Waals surface area contributed by atoms with Gasteiger partial charge in [-0.05, 0) is 13.8 Å². The van der Waals surface area contributed by atoms with Crippen LogP contribution in [0.5, 0.6) is 0 Å². The van der Waals surface area contributed by atoms with Crippen LogP contribution >= 0.6 is 0 Å². The van der Waals surface area contributed by atoms with E-state index in [2.05, 4.69) is 19.5 Å². The van der Waals surface area contributed by atoms with Gasteiger partial charge in [-0.25, -0.2) is 16.2 Å². The summed E-state index contributed by atoms with van der Waals surface area (Å²) in [7, 11) is 0. The molecule has 0 radical (unpaired) electrons. The Labute approximate surface area is 98.8 Å². The average molecular weight is 245 g/mol. The number of ether oxygens (including phenoxy) is 2. The zero-order valence-corrected chi connectivity index (χ0v) is 9.67. The standard InChI is InChI=1S/C5H7NO2.C4H8N2O3/c1-3-8-5(7)4-6-2;1-2-9-4(7)3(5)6-8/h3-4H2,1H3;8H,2H2,1H3,(H2,5,6). The van der Waals surface area contributed by atoms with Crippen molar-refractivity contribution in [2.24, 2.45) is 10.9 Å². The number of hydrogen-bond donors (Lipinski definition) is 2. The molecule has 0 aliphatic rings. The third kappa shape index (κ3) is 11.6.